The van der Waals surface area contributed by atoms with Crippen molar-refractivity contribution < 1.29 is 9.53 Å². The highest BCUT2D eigenvalue weighted by molar-refractivity contribution is 8.01. The molecule has 2 atom stereocenters. The van der Waals surface area contributed by atoms with E-state index < -0.39 is 0 Å². The van der Waals surface area contributed by atoms with E-state index in [1.165, 1.54) is 0 Å². The van der Waals surface area contributed by atoms with E-state index in [0.29, 0.717) is 42.6 Å². The maximum absolute atomic E-state index is 13.3. The number of hydrogen-bond donors (Lipinski definition) is 1. The fourth-order valence-corrected chi connectivity index (χ4v) is 7.18. The van der Waals surface area contributed by atoms with Crippen LogP contribution in [0.4, 0.5) is 11.5 Å². The molecule has 3 aromatic rings. The van der Waals surface area contributed by atoms with Crippen LogP contribution in [0.3, 0.4) is 0 Å². The van der Waals surface area contributed by atoms with Gasteiger partial charge >= 0.3 is 0 Å². The van der Waals surface area contributed by atoms with Crippen LogP contribution in [0.25, 0.3) is 0 Å². The standard InChI is InChI=1S/C30H35ClN6O2S/c1-5-36(6-2)16-20(3)29(38)37-14-12-23-26-27(33-19-34-28(26)40-30(23,4)18-37)35-21-10-11-25(24(31)15-21)39-17-22-9-7-8-13-32-22/h7-11,13,15,19,23H,3,5-6,12,14,16-18H2,1-2,4H3,(H,33,34,35). The molecule has 2 aliphatic heterocycles. The van der Waals surface area contributed by atoms with Crippen molar-refractivity contribution in [3.05, 3.63) is 77.4 Å². The zero-order chi connectivity index (χ0) is 28.3. The van der Waals surface area contributed by atoms with Crippen molar-refractivity contribution in [3.8, 4) is 5.75 Å². The molecule has 0 aliphatic carbocycles. The van der Waals surface area contributed by atoms with Gasteiger partial charge in [-0.05, 0) is 56.8 Å². The van der Waals surface area contributed by atoms with Gasteiger partial charge in [-0.2, -0.15) is 0 Å². The average molecular weight is 579 g/mol. The van der Waals surface area contributed by atoms with Crippen molar-refractivity contribution >= 4 is 40.8 Å². The number of halogens is 1. The summed E-state index contributed by atoms with van der Waals surface area (Å²) in [6, 6.07) is 11.3. The van der Waals surface area contributed by atoms with Crippen LogP contribution in [0, 0.1) is 0 Å². The maximum Gasteiger partial charge on any atom is 0.250 e. The van der Waals surface area contributed by atoms with Gasteiger partial charge in [-0.15, -0.1) is 0 Å². The minimum atomic E-state index is -0.195. The fourth-order valence-electron chi connectivity index (χ4n) is 5.46. The van der Waals surface area contributed by atoms with Crippen LogP contribution in [-0.2, 0) is 11.4 Å². The molecule has 0 bridgehead atoms. The highest BCUT2D eigenvalue weighted by Gasteiger charge is 2.50. The predicted molar refractivity (Wildman–Crippen MR) is 160 cm³/mol. The first-order valence-electron chi connectivity index (χ1n) is 13.6. The van der Waals surface area contributed by atoms with Crippen LogP contribution in [0.1, 0.15) is 44.4 Å². The normalized spacial score (nSPS) is 19.7. The number of likely N-dealkylation sites (N-methyl/N-ethyl adjacent to an activating group) is 1. The first-order valence-corrected chi connectivity index (χ1v) is 14.8. The number of carbonyl (C=O) groups excluding carboxylic acids is 1. The number of anilines is 2. The van der Waals surface area contributed by atoms with E-state index in [1.54, 1.807) is 24.3 Å². The number of nitrogens with zero attached hydrogens (tertiary/aromatic N) is 5. The second-order valence-corrected chi connectivity index (χ2v) is 12.3. The van der Waals surface area contributed by atoms with Gasteiger partial charge in [-0.25, -0.2) is 9.97 Å². The summed E-state index contributed by atoms with van der Waals surface area (Å²) in [6.07, 6.45) is 4.17. The Hall–Kier alpha value is -3.14. The Bertz CT molecular complexity index is 1390. The molecule has 0 saturated carbocycles. The second-order valence-electron chi connectivity index (χ2n) is 10.4. The SMILES string of the molecule is C=C(CN(CC)CC)C(=O)N1CCC2c3c(Nc4ccc(OCc5ccccn5)c(Cl)c4)ncnc3SC2(C)C1. The van der Waals surface area contributed by atoms with Crippen molar-refractivity contribution in [2.45, 2.75) is 49.5 Å². The molecule has 1 saturated heterocycles. The molecule has 2 aromatic heterocycles. The number of aromatic nitrogens is 3. The van der Waals surface area contributed by atoms with Gasteiger partial charge in [0.1, 0.15) is 29.5 Å². The summed E-state index contributed by atoms with van der Waals surface area (Å²) < 4.78 is 5.68. The van der Waals surface area contributed by atoms with Crippen LogP contribution in [0.2, 0.25) is 5.02 Å². The molecule has 40 heavy (non-hydrogen) atoms. The lowest BCUT2D eigenvalue weighted by molar-refractivity contribution is -0.128. The number of fused-ring (bicyclic) bond motifs is 3. The number of nitrogens with one attached hydrogen (secondary N) is 1. The molecule has 2 aliphatic rings. The van der Waals surface area contributed by atoms with Gasteiger partial charge in [0.05, 0.1) is 10.7 Å². The summed E-state index contributed by atoms with van der Waals surface area (Å²) >= 11 is 8.30. The third kappa shape index (κ3) is 5.96. The summed E-state index contributed by atoms with van der Waals surface area (Å²) in [5.41, 5.74) is 3.40. The Labute approximate surface area is 245 Å². The molecule has 1 fully saturated rings. The molecule has 0 spiro atoms. The lowest BCUT2D eigenvalue weighted by Gasteiger charge is -2.42. The topological polar surface area (TPSA) is 83.5 Å². The van der Waals surface area contributed by atoms with Gasteiger partial charge in [0.25, 0.3) is 5.91 Å². The third-order valence-electron chi connectivity index (χ3n) is 7.65. The summed E-state index contributed by atoms with van der Waals surface area (Å²) in [7, 11) is 0. The highest BCUT2D eigenvalue weighted by atomic mass is 35.5. The van der Waals surface area contributed by atoms with Crippen molar-refractivity contribution in [2.75, 3.05) is 38.0 Å². The fraction of sp³-hybridized carbons (Fsp3) is 0.400. The van der Waals surface area contributed by atoms with Crippen LogP contribution in [-0.4, -0.2) is 68.1 Å². The average Bonchev–Trinajstić information content (AvgIpc) is 3.27. The van der Waals surface area contributed by atoms with Crippen molar-refractivity contribution in [2.24, 2.45) is 0 Å². The third-order valence-corrected chi connectivity index (χ3v) is 9.34. The Morgan fingerprint density at radius 1 is 1.25 bits per heavy atom. The smallest absolute Gasteiger partial charge is 0.250 e. The van der Waals surface area contributed by atoms with E-state index in [0.717, 1.165) is 47.3 Å². The minimum Gasteiger partial charge on any atom is -0.486 e. The van der Waals surface area contributed by atoms with E-state index in [-0.39, 0.29) is 16.6 Å². The van der Waals surface area contributed by atoms with Crippen molar-refractivity contribution in [1.82, 2.24) is 24.8 Å². The zero-order valence-corrected chi connectivity index (χ0v) is 24.8. The van der Waals surface area contributed by atoms with Gasteiger partial charge < -0.3 is 15.0 Å². The molecular weight excluding hydrogens is 544 g/mol. The molecule has 2 unspecified atom stereocenters. The van der Waals surface area contributed by atoms with E-state index in [9.17, 15) is 4.79 Å². The number of benzene rings is 1. The number of rotatable bonds is 10. The highest BCUT2D eigenvalue weighted by Crippen LogP contribution is 2.57. The molecule has 210 valence electrons. The Morgan fingerprint density at radius 3 is 2.80 bits per heavy atom. The monoisotopic (exact) mass is 578 g/mol. The van der Waals surface area contributed by atoms with E-state index in [4.69, 9.17) is 16.3 Å². The number of hydrogen-bond acceptors (Lipinski definition) is 8. The summed E-state index contributed by atoms with van der Waals surface area (Å²) in [5, 5.41) is 4.93. The molecule has 0 radical (unpaired) electrons. The number of likely N-dealkylation sites (tertiary alicyclic amines) is 1. The molecule has 8 nitrogen and oxygen atoms in total. The lowest BCUT2D eigenvalue weighted by atomic mass is 9.81. The molecule has 10 heteroatoms. The molecular formula is C30H35ClN6O2S. The first kappa shape index (κ1) is 28.4. The minimum absolute atomic E-state index is 0.0487. The molecule has 5 rings (SSSR count). The number of ether oxygens (including phenoxy) is 1. The largest absolute Gasteiger partial charge is 0.486 e. The van der Waals surface area contributed by atoms with Crippen LogP contribution in [0.5, 0.6) is 5.75 Å². The van der Waals surface area contributed by atoms with E-state index in [2.05, 4.69) is 52.5 Å². The number of piperidine rings is 1. The lowest BCUT2D eigenvalue weighted by Crippen LogP contribution is -2.50. The number of carbonyl (C=O) groups is 1. The number of thioether (sulfide) groups is 1. The summed E-state index contributed by atoms with van der Waals surface area (Å²) in [5.74, 6) is 1.63. The van der Waals surface area contributed by atoms with Gasteiger partial charge in [0.2, 0.25) is 0 Å². The quantitative estimate of drug-likeness (QED) is 0.234. The summed E-state index contributed by atoms with van der Waals surface area (Å²) in [6.45, 7) is 14.6. The molecule has 1 aromatic carbocycles. The Balaban J connectivity index is 1.28. The van der Waals surface area contributed by atoms with Crippen molar-refractivity contribution in [3.63, 3.8) is 0 Å². The maximum atomic E-state index is 13.3. The molecule has 1 N–H and O–H groups in total. The Kier molecular flexibility index (Phi) is 8.63. The van der Waals surface area contributed by atoms with Gasteiger partial charge in [-0.1, -0.05) is 49.9 Å². The number of pyridine rings is 1. The summed E-state index contributed by atoms with van der Waals surface area (Å²) in [4.78, 5) is 31.0. The molecule has 4 heterocycles. The van der Waals surface area contributed by atoms with Gasteiger partial charge in [0, 0.05) is 53.3 Å². The Morgan fingerprint density at radius 2 is 2.08 bits per heavy atom. The predicted octanol–water partition coefficient (Wildman–Crippen LogP) is 5.93. The zero-order valence-electron chi connectivity index (χ0n) is 23.2. The van der Waals surface area contributed by atoms with Gasteiger partial charge in [0.15, 0.2) is 0 Å². The van der Waals surface area contributed by atoms with Crippen molar-refractivity contribution in [1.29, 1.82) is 0 Å². The first-order chi connectivity index (χ1) is 19.3. The van der Waals surface area contributed by atoms with Crippen LogP contribution >= 0.6 is 23.4 Å². The van der Waals surface area contributed by atoms with Crippen LogP contribution in [0.15, 0.2) is 66.1 Å². The molecule has 1 amide bonds. The second kappa shape index (κ2) is 12.2. The van der Waals surface area contributed by atoms with Gasteiger partial charge in [-0.3, -0.25) is 14.7 Å². The van der Waals surface area contributed by atoms with E-state index >= 15 is 0 Å². The van der Waals surface area contributed by atoms with Crippen LogP contribution < -0.4 is 10.1 Å². The number of amides is 1. The van der Waals surface area contributed by atoms with E-state index in [1.807, 2.05) is 41.3 Å².